The molecular formula is C18H20N2O3. The minimum Gasteiger partial charge on any atom is -0.465 e. The van der Waals surface area contributed by atoms with Crippen LogP contribution >= 0.6 is 0 Å². The van der Waals surface area contributed by atoms with Crippen molar-refractivity contribution in [1.29, 1.82) is 0 Å². The Morgan fingerprint density at radius 1 is 1.13 bits per heavy atom. The average Bonchev–Trinajstić information content (AvgIpc) is 2.54. The number of nitrogens with one attached hydrogen (secondary N) is 1. The van der Waals surface area contributed by atoms with Crippen LogP contribution < -0.4 is 5.32 Å². The monoisotopic (exact) mass is 312 g/mol. The molecule has 0 bridgehead atoms. The minimum atomic E-state index is -0.247. The number of carbonyl (C=O) groups excluding carboxylic acids is 2. The summed E-state index contributed by atoms with van der Waals surface area (Å²) in [5.74, 6) is -0.366. The molecule has 5 nitrogen and oxygen atoms in total. The van der Waals surface area contributed by atoms with E-state index in [2.05, 4.69) is 10.3 Å². The van der Waals surface area contributed by atoms with E-state index in [1.807, 2.05) is 30.5 Å². The van der Waals surface area contributed by atoms with Gasteiger partial charge in [-0.2, -0.15) is 0 Å². The second kappa shape index (κ2) is 8.68. The molecule has 1 N–H and O–H groups in total. The number of pyridine rings is 1. The number of amides is 1. The van der Waals surface area contributed by atoms with Gasteiger partial charge in [-0.15, -0.1) is 0 Å². The van der Waals surface area contributed by atoms with E-state index in [4.69, 9.17) is 4.74 Å². The third-order valence-corrected chi connectivity index (χ3v) is 3.22. The van der Waals surface area contributed by atoms with Crippen molar-refractivity contribution in [3.8, 4) is 0 Å². The van der Waals surface area contributed by atoms with E-state index < -0.39 is 0 Å². The highest BCUT2D eigenvalue weighted by Crippen LogP contribution is 2.10. The Kier molecular flexibility index (Phi) is 6.29. The van der Waals surface area contributed by atoms with Crippen molar-refractivity contribution >= 4 is 17.6 Å². The quantitative estimate of drug-likeness (QED) is 0.630. The van der Waals surface area contributed by atoms with Gasteiger partial charge in [-0.1, -0.05) is 18.2 Å². The van der Waals surface area contributed by atoms with Crippen LogP contribution in [0.4, 0.5) is 5.69 Å². The van der Waals surface area contributed by atoms with E-state index in [0.29, 0.717) is 12.3 Å². The Morgan fingerprint density at radius 3 is 2.57 bits per heavy atom. The third kappa shape index (κ3) is 6.30. The van der Waals surface area contributed by atoms with E-state index in [9.17, 15) is 9.59 Å². The van der Waals surface area contributed by atoms with Crippen LogP contribution in [0.3, 0.4) is 0 Å². The Balaban J connectivity index is 1.69. The lowest BCUT2D eigenvalue weighted by molar-refractivity contribution is -0.142. The fourth-order valence-electron chi connectivity index (χ4n) is 2.14. The Morgan fingerprint density at radius 2 is 1.91 bits per heavy atom. The van der Waals surface area contributed by atoms with Gasteiger partial charge in [0, 0.05) is 25.0 Å². The maximum absolute atomic E-state index is 11.8. The number of esters is 1. The van der Waals surface area contributed by atoms with E-state index in [1.54, 1.807) is 18.3 Å². The van der Waals surface area contributed by atoms with Gasteiger partial charge in [0.1, 0.15) is 0 Å². The lowest BCUT2D eigenvalue weighted by Gasteiger charge is -2.06. The molecule has 2 rings (SSSR count). The summed E-state index contributed by atoms with van der Waals surface area (Å²) in [4.78, 5) is 26.8. The lowest BCUT2D eigenvalue weighted by atomic mass is 10.1. The number of aromatic nitrogens is 1. The van der Waals surface area contributed by atoms with Crippen LogP contribution in [-0.4, -0.2) is 23.5 Å². The summed E-state index contributed by atoms with van der Waals surface area (Å²) in [6, 6.07) is 11.1. The van der Waals surface area contributed by atoms with Gasteiger partial charge < -0.3 is 10.1 Å². The molecule has 0 saturated heterocycles. The Bertz CT molecular complexity index is 639. The predicted molar refractivity (Wildman–Crippen MR) is 88.0 cm³/mol. The molecule has 0 atom stereocenters. The molecule has 2 aromatic rings. The van der Waals surface area contributed by atoms with Gasteiger partial charge in [-0.05, 0) is 42.2 Å². The predicted octanol–water partition coefficient (Wildman–Crippen LogP) is 2.76. The van der Waals surface area contributed by atoms with E-state index in [0.717, 1.165) is 24.0 Å². The number of anilines is 1. The number of benzene rings is 1. The van der Waals surface area contributed by atoms with Gasteiger partial charge in [0.2, 0.25) is 5.91 Å². The Labute approximate surface area is 135 Å². The SMILES string of the molecule is CC(=O)Nc1ccc(CC(=O)OCCCc2cccnc2)cc1. The second-order valence-electron chi connectivity index (χ2n) is 5.24. The summed E-state index contributed by atoms with van der Waals surface area (Å²) in [5, 5.41) is 2.68. The molecule has 0 radical (unpaired) electrons. The smallest absolute Gasteiger partial charge is 0.310 e. The summed E-state index contributed by atoms with van der Waals surface area (Å²) >= 11 is 0. The van der Waals surface area contributed by atoms with Gasteiger partial charge in [-0.25, -0.2) is 0 Å². The zero-order valence-electron chi connectivity index (χ0n) is 13.1. The molecule has 0 fully saturated rings. The summed E-state index contributed by atoms with van der Waals surface area (Å²) < 4.78 is 5.23. The van der Waals surface area contributed by atoms with E-state index in [-0.39, 0.29) is 18.3 Å². The van der Waals surface area contributed by atoms with Gasteiger partial charge >= 0.3 is 5.97 Å². The number of nitrogens with zero attached hydrogens (tertiary/aromatic N) is 1. The number of hydrogen-bond donors (Lipinski definition) is 1. The first kappa shape index (κ1) is 16.7. The van der Waals surface area contributed by atoms with Crippen LogP contribution in [0.1, 0.15) is 24.5 Å². The number of hydrogen-bond acceptors (Lipinski definition) is 4. The van der Waals surface area contributed by atoms with Gasteiger partial charge in [-0.3, -0.25) is 14.6 Å². The standard InChI is InChI=1S/C18H20N2O3/c1-14(21)20-17-8-6-15(7-9-17)12-18(22)23-11-3-5-16-4-2-10-19-13-16/h2,4,6-10,13H,3,5,11-12H2,1H3,(H,20,21). The molecule has 1 aromatic carbocycles. The normalized spacial score (nSPS) is 10.1. The maximum Gasteiger partial charge on any atom is 0.310 e. The van der Waals surface area contributed by atoms with E-state index in [1.165, 1.54) is 6.92 Å². The molecule has 0 aliphatic carbocycles. The largest absolute Gasteiger partial charge is 0.465 e. The van der Waals surface area contributed by atoms with Crippen LogP contribution in [0, 0.1) is 0 Å². The molecule has 1 heterocycles. The summed E-state index contributed by atoms with van der Waals surface area (Å²) in [6.45, 7) is 1.86. The van der Waals surface area contributed by atoms with Gasteiger partial charge in [0.05, 0.1) is 13.0 Å². The van der Waals surface area contributed by atoms with Crippen LogP contribution in [-0.2, 0) is 27.2 Å². The zero-order chi connectivity index (χ0) is 16.5. The molecule has 1 amide bonds. The summed E-state index contributed by atoms with van der Waals surface area (Å²) in [6.07, 6.45) is 5.40. The van der Waals surface area contributed by atoms with Crippen LogP contribution in [0.15, 0.2) is 48.8 Å². The molecular weight excluding hydrogens is 292 g/mol. The third-order valence-electron chi connectivity index (χ3n) is 3.22. The lowest BCUT2D eigenvalue weighted by Crippen LogP contribution is -2.10. The topological polar surface area (TPSA) is 68.3 Å². The molecule has 0 aliphatic rings. The first-order valence-electron chi connectivity index (χ1n) is 7.54. The van der Waals surface area contributed by atoms with Crippen molar-refractivity contribution in [2.45, 2.75) is 26.2 Å². The van der Waals surface area contributed by atoms with Crippen molar-refractivity contribution in [2.75, 3.05) is 11.9 Å². The van der Waals surface area contributed by atoms with Crippen molar-refractivity contribution in [1.82, 2.24) is 4.98 Å². The second-order valence-corrected chi connectivity index (χ2v) is 5.24. The van der Waals surface area contributed by atoms with Gasteiger partial charge in [0.15, 0.2) is 0 Å². The highest BCUT2D eigenvalue weighted by atomic mass is 16.5. The summed E-state index contributed by atoms with van der Waals surface area (Å²) in [7, 11) is 0. The Hall–Kier alpha value is -2.69. The molecule has 1 aromatic heterocycles. The van der Waals surface area contributed by atoms with Crippen LogP contribution in [0.2, 0.25) is 0 Å². The number of carbonyl (C=O) groups is 2. The zero-order valence-corrected chi connectivity index (χ0v) is 13.1. The number of rotatable bonds is 7. The highest BCUT2D eigenvalue weighted by Gasteiger charge is 2.05. The first-order chi connectivity index (χ1) is 11.1. The molecule has 5 heteroatoms. The van der Waals surface area contributed by atoms with Crippen molar-refractivity contribution < 1.29 is 14.3 Å². The average molecular weight is 312 g/mol. The summed E-state index contributed by atoms with van der Waals surface area (Å²) in [5.41, 5.74) is 2.71. The van der Waals surface area contributed by atoms with Crippen molar-refractivity contribution in [2.24, 2.45) is 0 Å². The van der Waals surface area contributed by atoms with Crippen molar-refractivity contribution in [3.05, 3.63) is 59.9 Å². The van der Waals surface area contributed by atoms with Crippen molar-refractivity contribution in [3.63, 3.8) is 0 Å². The van der Waals surface area contributed by atoms with Crippen LogP contribution in [0.5, 0.6) is 0 Å². The fraction of sp³-hybridized carbons (Fsp3) is 0.278. The molecule has 0 spiro atoms. The number of aryl methyl sites for hydroxylation is 1. The first-order valence-corrected chi connectivity index (χ1v) is 7.54. The number of ether oxygens (including phenoxy) is 1. The molecule has 0 saturated carbocycles. The molecule has 0 unspecified atom stereocenters. The molecule has 23 heavy (non-hydrogen) atoms. The fourth-order valence-corrected chi connectivity index (χ4v) is 2.14. The maximum atomic E-state index is 11.8. The molecule has 0 aliphatic heterocycles. The van der Waals surface area contributed by atoms with Gasteiger partial charge in [0.25, 0.3) is 0 Å². The van der Waals surface area contributed by atoms with Crippen LogP contribution in [0.25, 0.3) is 0 Å². The van der Waals surface area contributed by atoms with E-state index >= 15 is 0 Å². The molecule has 120 valence electrons. The highest BCUT2D eigenvalue weighted by molar-refractivity contribution is 5.88. The minimum absolute atomic E-state index is 0.120.